The molecule has 4 heteroatoms. The molecule has 0 radical (unpaired) electrons. The van der Waals surface area contributed by atoms with Crippen LogP contribution in [0.2, 0.25) is 0 Å². The summed E-state index contributed by atoms with van der Waals surface area (Å²) < 4.78 is 31.2. The van der Waals surface area contributed by atoms with Crippen LogP contribution in [-0.4, -0.2) is 19.8 Å². The molecule has 1 aromatic carbocycles. The lowest BCUT2D eigenvalue weighted by molar-refractivity contribution is 0.159. The Hall–Kier alpha value is -1.00. The number of nitrogens with one attached hydrogen (secondary N) is 1. The Balaban J connectivity index is 2.71. The van der Waals surface area contributed by atoms with Gasteiger partial charge < -0.3 is 10.1 Å². The second-order valence-electron chi connectivity index (χ2n) is 4.15. The van der Waals surface area contributed by atoms with Crippen LogP contribution in [0.4, 0.5) is 8.78 Å². The van der Waals surface area contributed by atoms with E-state index in [4.69, 9.17) is 4.74 Å². The first-order valence-corrected chi connectivity index (χ1v) is 5.77. The molecule has 17 heavy (non-hydrogen) atoms. The molecule has 1 aromatic rings. The van der Waals surface area contributed by atoms with Crippen molar-refractivity contribution in [3.8, 4) is 0 Å². The van der Waals surface area contributed by atoms with E-state index in [2.05, 4.69) is 5.32 Å². The molecule has 0 bridgehead atoms. The topological polar surface area (TPSA) is 21.3 Å². The number of methoxy groups -OCH3 is 1. The third kappa shape index (κ3) is 4.40. The molecule has 0 heterocycles. The Morgan fingerprint density at radius 2 is 1.82 bits per heavy atom. The summed E-state index contributed by atoms with van der Waals surface area (Å²) in [5.74, 6) is -1.10. The van der Waals surface area contributed by atoms with Crippen molar-refractivity contribution in [1.82, 2.24) is 5.32 Å². The highest BCUT2D eigenvalue weighted by Crippen LogP contribution is 2.16. The van der Waals surface area contributed by atoms with E-state index in [1.807, 2.05) is 13.8 Å². The summed E-state index contributed by atoms with van der Waals surface area (Å²) in [4.78, 5) is 0. The van der Waals surface area contributed by atoms with Crippen molar-refractivity contribution >= 4 is 0 Å². The minimum Gasteiger partial charge on any atom is -0.383 e. The van der Waals surface area contributed by atoms with Crippen molar-refractivity contribution in [2.24, 2.45) is 0 Å². The summed E-state index contributed by atoms with van der Waals surface area (Å²) in [6.45, 7) is 4.50. The number of benzene rings is 1. The minimum atomic E-state index is -0.548. The maximum Gasteiger partial charge on any atom is 0.126 e. The SMILES string of the molecule is CCC(COC)NC(C)c1cc(F)cc(F)c1. The normalized spacial score (nSPS) is 14.6. The van der Waals surface area contributed by atoms with Crippen LogP contribution in [0, 0.1) is 11.6 Å². The van der Waals surface area contributed by atoms with Crippen molar-refractivity contribution in [2.45, 2.75) is 32.4 Å². The molecule has 2 atom stereocenters. The standard InChI is InChI=1S/C13H19F2NO/c1-4-13(8-17-3)16-9(2)10-5-11(14)7-12(15)6-10/h5-7,9,13,16H,4,8H2,1-3H3. The van der Waals surface area contributed by atoms with E-state index in [1.54, 1.807) is 7.11 Å². The fraction of sp³-hybridized carbons (Fsp3) is 0.538. The van der Waals surface area contributed by atoms with Gasteiger partial charge in [-0.05, 0) is 31.0 Å². The van der Waals surface area contributed by atoms with Crippen LogP contribution in [0.15, 0.2) is 18.2 Å². The van der Waals surface area contributed by atoms with E-state index >= 15 is 0 Å². The van der Waals surface area contributed by atoms with Crippen molar-refractivity contribution in [3.63, 3.8) is 0 Å². The Labute approximate surface area is 101 Å². The predicted molar refractivity (Wildman–Crippen MR) is 63.9 cm³/mol. The Kier molecular flexibility index (Phi) is 5.51. The van der Waals surface area contributed by atoms with E-state index in [9.17, 15) is 8.78 Å². The summed E-state index contributed by atoms with van der Waals surface area (Å²) in [5.41, 5.74) is 0.608. The average molecular weight is 243 g/mol. The van der Waals surface area contributed by atoms with Crippen molar-refractivity contribution in [3.05, 3.63) is 35.4 Å². The molecular formula is C13H19F2NO. The zero-order valence-corrected chi connectivity index (χ0v) is 10.5. The lowest BCUT2D eigenvalue weighted by Gasteiger charge is -2.22. The molecule has 1 N–H and O–H groups in total. The lowest BCUT2D eigenvalue weighted by Crippen LogP contribution is -2.34. The number of hydrogen-bond donors (Lipinski definition) is 1. The van der Waals surface area contributed by atoms with Gasteiger partial charge >= 0.3 is 0 Å². The van der Waals surface area contributed by atoms with Gasteiger partial charge in [0.05, 0.1) is 6.61 Å². The third-order valence-corrected chi connectivity index (χ3v) is 2.73. The van der Waals surface area contributed by atoms with Crippen LogP contribution in [0.5, 0.6) is 0 Å². The van der Waals surface area contributed by atoms with Crippen molar-refractivity contribution in [1.29, 1.82) is 0 Å². The zero-order chi connectivity index (χ0) is 12.8. The first-order chi connectivity index (χ1) is 8.06. The van der Waals surface area contributed by atoms with E-state index in [0.29, 0.717) is 12.2 Å². The molecule has 2 unspecified atom stereocenters. The maximum absolute atomic E-state index is 13.1. The Bertz CT molecular complexity index is 337. The van der Waals surface area contributed by atoms with E-state index in [-0.39, 0.29) is 12.1 Å². The van der Waals surface area contributed by atoms with E-state index in [1.165, 1.54) is 12.1 Å². The van der Waals surface area contributed by atoms with Crippen LogP contribution in [0.3, 0.4) is 0 Å². The first-order valence-electron chi connectivity index (χ1n) is 5.77. The fourth-order valence-corrected chi connectivity index (χ4v) is 1.76. The van der Waals surface area contributed by atoms with Gasteiger partial charge in [-0.25, -0.2) is 8.78 Å². The van der Waals surface area contributed by atoms with Gasteiger partial charge in [0.25, 0.3) is 0 Å². The fourth-order valence-electron chi connectivity index (χ4n) is 1.76. The molecule has 0 spiro atoms. The molecular weight excluding hydrogens is 224 g/mol. The summed E-state index contributed by atoms with van der Waals surface area (Å²) in [7, 11) is 1.64. The summed E-state index contributed by atoms with van der Waals surface area (Å²) in [5, 5.41) is 3.28. The van der Waals surface area contributed by atoms with Gasteiger partial charge in [-0.2, -0.15) is 0 Å². The monoisotopic (exact) mass is 243 g/mol. The van der Waals surface area contributed by atoms with E-state index in [0.717, 1.165) is 12.5 Å². The molecule has 0 fully saturated rings. The number of halogens is 2. The molecule has 0 aliphatic rings. The molecule has 0 aliphatic heterocycles. The van der Waals surface area contributed by atoms with Crippen LogP contribution in [-0.2, 0) is 4.74 Å². The van der Waals surface area contributed by atoms with Gasteiger partial charge in [0, 0.05) is 25.3 Å². The van der Waals surface area contributed by atoms with Gasteiger partial charge in [-0.15, -0.1) is 0 Å². The van der Waals surface area contributed by atoms with Gasteiger partial charge in [-0.1, -0.05) is 6.92 Å². The van der Waals surface area contributed by atoms with Gasteiger partial charge in [0.2, 0.25) is 0 Å². The maximum atomic E-state index is 13.1. The molecule has 96 valence electrons. The first kappa shape index (κ1) is 14.1. The van der Waals surface area contributed by atoms with Crippen molar-refractivity contribution < 1.29 is 13.5 Å². The highest BCUT2D eigenvalue weighted by Gasteiger charge is 2.13. The molecule has 1 rings (SSSR count). The second-order valence-corrected chi connectivity index (χ2v) is 4.15. The van der Waals surface area contributed by atoms with Crippen LogP contribution >= 0.6 is 0 Å². The largest absolute Gasteiger partial charge is 0.383 e. The minimum absolute atomic E-state index is 0.111. The Morgan fingerprint density at radius 1 is 1.24 bits per heavy atom. The summed E-state index contributed by atoms with van der Waals surface area (Å²) in [6, 6.07) is 3.64. The molecule has 0 aliphatic carbocycles. The number of ether oxygens (including phenoxy) is 1. The smallest absolute Gasteiger partial charge is 0.126 e. The summed E-state index contributed by atoms with van der Waals surface area (Å²) >= 11 is 0. The average Bonchev–Trinajstić information content (AvgIpc) is 2.27. The molecule has 0 saturated heterocycles. The highest BCUT2D eigenvalue weighted by molar-refractivity contribution is 5.21. The zero-order valence-electron chi connectivity index (χ0n) is 10.5. The summed E-state index contributed by atoms with van der Waals surface area (Å²) in [6.07, 6.45) is 0.899. The third-order valence-electron chi connectivity index (χ3n) is 2.73. The van der Waals surface area contributed by atoms with Crippen LogP contribution < -0.4 is 5.32 Å². The second kappa shape index (κ2) is 6.67. The number of hydrogen-bond acceptors (Lipinski definition) is 2. The number of rotatable bonds is 6. The predicted octanol–water partition coefficient (Wildman–Crippen LogP) is 3.04. The quantitative estimate of drug-likeness (QED) is 0.829. The molecule has 0 amide bonds. The Morgan fingerprint density at radius 3 is 2.29 bits per heavy atom. The van der Waals surface area contributed by atoms with Crippen molar-refractivity contribution in [2.75, 3.05) is 13.7 Å². The van der Waals surface area contributed by atoms with Crippen LogP contribution in [0.1, 0.15) is 31.9 Å². The van der Waals surface area contributed by atoms with Gasteiger partial charge in [0.1, 0.15) is 11.6 Å². The van der Waals surface area contributed by atoms with Gasteiger partial charge in [-0.3, -0.25) is 0 Å². The van der Waals surface area contributed by atoms with Gasteiger partial charge in [0.15, 0.2) is 0 Å². The lowest BCUT2D eigenvalue weighted by atomic mass is 10.1. The van der Waals surface area contributed by atoms with E-state index < -0.39 is 11.6 Å². The molecule has 0 saturated carbocycles. The highest BCUT2D eigenvalue weighted by atomic mass is 19.1. The molecule has 2 nitrogen and oxygen atoms in total. The van der Waals surface area contributed by atoms with Crippen LogP contribution in [0.25, 0.3) is 0 Å². The molecule has 0 aromatic heterocycles.